The summed E-state index contributed by atoms with van der Waals surface area (Å²) in [6, 6.07) is 0. The minimum absolute atomic E-state index is 0. The van der Waals surface area contributed by atoms with Gasteiger partial charge in [-0.1, -0.05) is 40.0 Å². The standard InChI is InChI=1S/C15H33N3O.HI/c1-5-8-11-19-12-9-10-17-15(16-4)18-13-14(6-2)7-3;/h14H,5-13H2,1-4H3,(H2,16,17,18);1H. The van der Waals surface area contributed by atoms with Crippen LogP contribution in [0.3, 0.4) is 0 Å². The second-order valence-corrected chi connectivity index (χ2v) is 4.88. The molecule has 0 aliphatic rings. The van der Waals surface area contributed by atoms with Crippen molar-refractivity contribution >= 4 is 29.9 Å². The van der Waals surface area contributed by atoms with Crippen molar-refractivity contribution in [1.82, 2.24) is 10.6 Å². The van der Waals surface area contributed by atoms with Crippen LogP contribution in [0.2, 0.25) is 0 Å². The lowest BCUT2D eigenvalue weighted by molar-refractivity contribution is 0.129. The maximum atomic E-state index is 5.52. The second-order valence-electron chi connectivity index (χ2n) is 4.88. The molecule has 5 heteroatoms. The zero-order valence-electron chi connectivity index (χ0n) is 13.7. The Balaban J connectivity index is 0. The first-order valence-electron chi connectivity index (χ1n) is 7.80. The van der Waals surface area contributed by atoms with Crippen LogP contribution in [-0.2, 0) is 4.74 Å². The second kappa shape index (κ2) is 17.0. The lowest BCUT2D eigenvalue weighted by Gasteiger charge is -2.16. The van der Waals surface area contributed by atoms with Crippen molar-refractivity contribution in [3.8, 4) is 0 Å². The fourth-order valence-corrected chi connectivity index (χ4v) is 1.77. The summed E-state index contributed by atoms with van der Waals surface area (Å²) in [7, 11) is 1.82. The third-order valence-electron chi connectivity index (χ3n) is 3.34. The van der Waals surface area contributed by atoms with E-state index in [0.29, 0.717) is 0 Å². The van der Waals surface area contributed by atoms with Crippen molar-refractivity contribution in [2.24, 2.45) is 10.9 Å². The Morgan fingerprint density at radius 3 is 2.25 bits per heavy atom. The summed E-state index contributed by atoms with van der Waals surface area (Å²) < 4.78 is 5.52. The van der Waals surface area contributed by atoms with Crippen LogP contribution in [0.25, 0.3) is 0 Å². The quantitative estimate of drug-likeness (QED) is 0.242. The van der Waals surface area contributed by atoms with Crippen LogP contribution in [0.4, 0.5) is 0 Å². The Morgan fingerprint density at radius 2 is 1.70 bits per heavy atom. The highest BCUT2D eigenvalue weighted by Crippen LogP contribution is 2.04. The summed E-state index contributed by atoms with van der Waals surface area (Å²) in [4.78, 5) is 4.23. The highest BCUT2D eigenvalue weighted by Gasteiger charge is 2.04. The number of unbranched alkanes of at least 4 members (excludes halogenated alkanes) is 1. The van der Waals surface area contributed by atoms with Crippen LogP contribution in [0.1, 0.15) is 52.9 Å². The van der Waals surface area contributed by atoms with Crippen LogP contribution in [0, 0.1) is 5.92 Å². The van der Waals surface area contributed by atoms with Gasteiger partial charge in [0.1, 0.15) is 0 Å². The molecular formula is C15H34IN3O. The largest absolute Gasteiger partial charge is 0.381 e. The van der Waals surface area contributed by atoms with Crippen molar-refractivity contribution in [2.75, 3.05) is 33.4 Å². The van der Waals surface area contributed by atoms with Gasteiger partial charge in [0.15, 0.2) is 5.96 Å². The monoisotopic (exact) mass is 399 g/mol. The molecule has 0 radical (unpaired) electrons. The molecule has 0 aromatic rings. The number of rotatable bonds is 11. The van der Waals surface area contributed by atoms with Gasteiger partial charge in [0.25, 0.3) is 0 Å². The maximum absolute atomic E-state index is 5.52. The van der Waals surface area contributed by atoms with Crippen LogP contribution >= 0.6 is 24.0 Å². The van der Waals surface area contributed by atoms with E-state index in [0.717, 1.165) is 51.0 Å². The van der Waals surface area contributed by atoms with Crippen LogP contribution in [0.5, 0.6) is 0 Å². The average Bonchev–Trinajstić information content (AvgIpc) is 2.45. The number of guanidine groups is 1. The van der Waals surface area contributed by atoms with Crippen molar-refractivity contribution in [3.05, 3.63) is 0 Å². The van der Waals surface area contributed by atoms with Crippen LogP contribution < -0.4 is 10.6 Å². The smallest absolute Gasteiger partial charge is 0.190 e. The number of hydrogen-bond acceptors (Lipinski definition) is 2. The zero-order chi connectivity index (χ0) is 14.3. The average molecular weight is 399 g/mol. The van der Waals surface area contributed by atoms with Gasteiger partial charge in [0, 0.05) is 33.4 Å². The number of halogens is 1. The van der Waals surface area contributed by atoms with E-state index in [-0.39, 0.29) is 24.0 Å². The molecule has 0 aliphatic carbocycles. The lowest BCUT2D eigenvalue weighted by atomic mass is 10.0. The van der Waals surface area contributed by atoms with E-state index in [1.54, 1.807) is 0 Å². The van der Waals surface area contributed by atoms with Gasteiger partial charge in [-0.2, -0.15) is 0 Å². The fraction of sp³-hybridized carbons (Fsp3) is 0.933. The van der Waals surface area contributed by atoms with E-state index in [1.165, 1.54) is 19.3 Å². The van der Waals surface area contributed by atoms with Gasteiger partial charge in [-0.25, -0.2) is 0 Å². The van der Waals surface area contributed by atoms with Crippen molar-refractivity contribution in [3.63, 3.8) is 0 Å². The molecule has 0 rings (SSSR count). The van der Waals surface area contributed by atoms with Gasteiger partial charge in [0.2, 0.25) is 0 Å². The van der Waals surface area contributed by atoms with E-state index in [9.17, 15) is 0 Å². The third-order valence-corrected chi connectivity index (χ3v) is 3.34. The van der Waals surface area contributed by atoms with Crippen LogP contribution in [-0.4, -0.2) is 39.3 Å². The van der Waals surface area contributed by atoms with Crippen molar-refractivity contribution in [2.45, 2.75) is 52.9 Å². The summed E-state index contributed by atoms with van der Waals surface area (Å²) in [5, 5.41) is 6.70. The molecule has 0 unspecified atom stereocenters. The van der Waals surface area contributed by atoms with Crippen molar-refractivity contribution < 1.29 is 4.74 Å². The Bertz CT molecular complexity index is 221. The molecule has 0 aliphatic heterocycles. The molecule has 2 N–H and O–H groups in total. The molecule has 0 fully saturated rings. The normalized spacial score (nSPS) is 11.3. The Labute approximate surface area is 142 Å². The molecule has 0 bridgehead atoms. The maximum Gasteiger partial charge on any atom is 0.190 e. The predicted octanol–water partition coefficient (Wildman–Crippen LogP) is 3.41. The van der Waals surface area contributed by atoms with Gasteiger partial charge < -0.3 is 15.4 Å². The molecule has 0 amide bonds. The molecule has 122 valence electrons. The molecule has 0 heterocycles. The third kappa shape index (κ3) is 13.0. The Kier molecular flexibility index (Phi) is 18.9. The zero-order valence-corrected chi connectivity index (χ0v) is 16.0. The van der Waals surface area contributed by atoms with E-state index >= 15 is 0 Å². The summed E-state index contributed by atoms with van der Waals surface area (Å²) in [6.45, 7) is 10.3. The molecule has 20 heavy (non-hydrogen) atoms. The number of nitrogens with zero attached hydrogens (tertiary/aromatic N) is 1. The first-order chi connectivity index (χ1) is 9.28. The Hall–Kier alpha value is -0.0400. The molecule has 0 spiro atoms. The highest BCUT2D eigenvalue weighted by atomic mass is 127. The van der Waals surface area contributed by atoms with Gasteiger partial charge in [0.05, 0.1) is 0 Å². The summed E-state index contributed by atoms with van der Waals surface area (Å²) >= 11 is 0. The summed E-state index contributed by atoms with van der Waals surface area (Å²) in [5.41, 5.74) is 0. The minimum atomic E-state index is 0. The summed E-state index contributed by atoms with van der Waals surface area (Å²) in [6.07, 6.45) is 5.81. The molecule has 0 aromatic carbocycles. The SMILES string of the molecule is CCCCOCCCNC(=NC)NCC(CC)CC.I. The molecule has 0 atom stereocenters. The fourth-order valence-electron chi connectivity index (χ4n) is 1.77. The van der Waals surface area contributed by atoms with Gasteiger partial charge in [-0.15, -0.1) is 24.0 Å². The molecule has 4 nitrogen and oxygen atoms in total. The van der Waals surface area contributed by atoms with Crippen molar-refractivity contribution in [1.29, 1.82) is 0 Å². The first-order valence-corrected chi connectivity index (χ1v) is 7.80. The molecule has 0 saturated carbocycles. The predicted molar refractivity (Wildman–Crippen MR) is 99.2 cm³/mol. The molecular weight excluding hydrogens is 365 g/mol. The van der Waals surface area contributed by atoms with Gasteiger partial charge in [-0.05, 0) is 18.8 Å². The lowest BCUT2D eigenvalue weighted by Crippen LogP contribution is -2.40. The topological polar surface area (TPSA) is 45.6 Å². The number of hydrogen-bond donors (Lipinski definition) is 2. The van der Waals surface area contributed by atoms with E-state index < -0.39 is 0 Å². The first kappa shape index (κ1) is 22.2. The molecule has 0 aromatic heterocycles. The van der Waals surface area contributed by atoms with E-state index in [2.05, 4.69) is 36.4 Å². The molecule has 0 saturated heterocycles. The van der Waals surface area contributed by atoms with Gasteiger partial charge in [-0.3, -0.25) is 4.99 Å². The summed E-state index contributed by atoms with van der Waals surface area (Å²) in [5.74, 6) is 1.64. The number of aliphatic imine (C=N–C) groups is 1. The number of nitrogens with one attached hydrogen (secondary N) is 2. The van der Waals surface area contributed by atoms with Crippen LogP contribution in [0.15, 0.2) is 4.99 Å². The number of ether oxygens (including phenoxy) is 1. The Morgan fingerprint density at radius 1 is 1.05 bits per heavy atom. The highest BCUT2D eigenvalue weighted by molar-refractivity contribution is 14.0. The van der Waals surface area contributed by atoms with Gasteiger partial charge >= 0.3 is 0 Å². The van der Waals surface area contributed by atoms with E-state index in [1.807, 2.05) is 7.05 Å². The minimum Gasteiger partial charge on any atom is -0.381 e. The van der Waals surface area contributed by atoms with E-state index in [4.69, 9.17) is 4.74 Å².